The number of halogens is 4. The van der Waals surface area contributed by atoms with Gasteiger partial charge in [0.25, 0.3) is 0 Å². The summed E-state index contributed by atoms with van der Waals surface area (Å²) < 4.78 is 26.1. The molecule has 5 heteroatoms. The van der Waals surface area contributed by atoms with Crippen molar-refractivity contribution in [3.63, 3.8) is 0 Å². The van der Waals surface area contributed by atoms with Crippen LogP contribution in [0.2, 0.25) is 0 Å². The normalized spacial score (nSPS) is 10.9. The number of rotatable bonds is 3. The zero-order valence-corrected chi connectivity index (χ0v) is 9.37. The van der Waals surface area contributed by atoms with E-state index in [9.17, 15) is 8.78 Å². The SMILES string of the molecule is Fc1cc(F)c(NC/C=C/Cl)cc1Br. The molecule has 14 heavy (non-hydrogen) atoms. The zero-order valence-electron chi connectivity index (χ0n) is 7.03. The average Bonchev–Trinajstić information content (AvgIpc) is 2.14. The highest BCUT2D eigenvalue weighted by Crippen LogP contribution is 2.23. The summed E-state index contributed by atoms with van der Waals surface area (Å²) in [4.78, 5) is 0. The van der Waals surface area contributed by atoms with E-state index < -0.39 is 11.6 Å². The topological polar surface area (TPSA) is 12.0 Å². The van der Waals surface area contributed by atoms with Crippen LogP contribution in [0.4, 0.5) is 14.5 Å². The molecule has 0 aliphatic carbocycles. The van der Waals surface area contributed by atoms with Crippen molar-refractivity contribution in [1.29, 1.82) is 0 Å². The van der Waals surface area contributed by atoms with Crippen LogP contribution in [0.25, 0.3) is 0 Å². The highest BCUT2D eigenvalue weighted by molar-refractivity contribution is 9.10. The first-order chi connectivity index (χ1) is 6.65. The lowest BCUT2D eigenvalue weighted by Gasteiger charge is -2.05. The molecular weight excluding hydrogens is 275 g/mol. The lowest BCUT2D eigenvalue weighted by Crippen LogP contribution is -2.01. The second-order valence-electron chi connectivity index (χ2n) is 2.49. The van der Waals surface area contributed by atoms with E-state index >= 15 is 0 Å². The number of anilines is 1. The maximum Gasteiger partial charge on any atom is 0.149 e. The summed E-state index contributed by atoms with van der Waals surface area (Å²) in [5, 5.41) is 2.74. The average molecular weight is 283 g/mol. The van der Waals surface area contributed by atoms with E-state index in [1.165, 1.54) is 11.6 Å². The van der Waals surface area contributed by atoms with Crippen molar-refractivity contribution in [1.82, 2.24) is 0 Å². The molecule has 1 aromatic carbocycles. The lowest BCUT2D eigenvalue weighted by atomic mass is 10.3. The lowest BCUT2D eigenvalue weighted by molar-refractivity contribution is 0.581. The molecule has 1 nitrogen and oxygen atoms in total. The Labute approximate surface area is 93.9 Å². The van der Waals surface area contributed by atoms with E-state index in [0.29, 0.717) is 6.54 Å². The Morgan fingerprint density at radius 2 is 2.07 bits per heavy atom. The van der Waals surface area contributed by atoms with Crippen LogP contribution in [0.3, 0.4) is 0 Å². The van der Waals surface area contributed by atoms with Crippen LogP contribution in [0.5, 0.6) is 0 Å². The van der Waals surface area contributed by atoms with Crippen LogP contribution in [0.1, 0.15) is 0 Å². The van der Waals surface area contributed by atoms with Crippen molar-refractivity contribution in [2.75, 3.05) is 11.9 Å². The Balaban J connectivity index is 2.81. The highest BCUT2D eigenvalue weighted by Gasteiger charge is 2.06. The van der Waals surface area contributed by atoms with Gasteiger partial charge in [-0.25, -0.2) is 8.78 Å². The number of hydrogen-bond acceptors (Lipinski definition) is 1. The first-order valence-electron chi connectivity index (χ1n) is 3.79. The minimum absolute atomic E-state index is 0.219. The minimum Gasteiger partial charge on any atom is -0.379 e. The van der Waals surface area contributed by atoms with Gasteiger partial charge in [-0.2, -0.15) is 0 Å². The van der Waals surface area contributed by atoms with E-state index in [-0.39, 0.29) is 10.2 Å². The smallest absolute Gasteiger partial charge is 0.149 e. The predicted octanol–water partition coefficient (Wildman–Crippen LogP) is 3.89. The Bertz CT molecular complexity index is 355. The van der Waals surface area contributed by atoms with Crippen molar-refractivity contribution < 1.29 is 8.78 Å². The minimum atomic E-state index is -0.631. The molecule has 0 fully saturated rings. The summed E-state index contributed by atoms with van der Waals surface area (Å²) in [5.41, 5.74) is 1.55. The highest BCUT2D eigenvalue weighted by atomic mass is 79.9. The van der Waals surface area contributed by atoms with E-state index in [0.717, 1.165) is 6.07 Å². The third-order valence-corrected chi connectivity index (χ3v) is 2.30. The quantitative estimate of drug-likeness (QED) is 0.829. The first kappa shape index (κ1) is 11.5. The second-order valence-corrected chi connectivity index (χ2v) is 3.60. The Morgan fingerprint density at radius 1 is 1.36 bits per heavy atom. The van der Waals surface area contributed by atoms with Gasteiger partial charge in [0.15, 0.2) is 0 Å². The summed E-state index contributed by atoms with van der Waals surface area (Å²) in [7, 11) is 0. The van der Waals surface area contributed by atoms with E-state index in [2.05, 4.69) is 21.2 Å². The Hall–Kier alpha value is -0.610. The van der Waals surface area contributed by atoms with Gasteiger partial charge in [-0.05, 0) is 22.0 Å². The molecule has 0 aliphatic rings. The van der Waals surface area contributed by atoms with Crippen molar-refractivity contribution in [2.24, 2.45) is 0 Å². The van der Waals surface area contributed by atoms with Crippen LogP contribution in [-0.2, 0) is 0 Å². The second kappa shape index (κ2) is 5.32. The van der Waals surface area contributed by atoms with Gasteiger partial charge in [0.2, 0.25) is 0 Å². The number of hydrogen-bond donors (Lipinski definition) is 1. The van der Waals surface area contributed by atoms with Gasteiger partial charge < -0.3 is 5.32 Å². The van der Waals surface area contributed by atoms with Gasteiger partial charge in [-0.1, -0.05) is 17.7 Å². The molecule has 1 aromatic rings. The molecule has 0 aliphatic heterocycles. The van der Waals surface area contributed by atoms with Gasteiger partial charge in [-0.15, -0.1) is 0 Å². The molecule has 0 saturated heterocycles. The van der Waals surface area contributed by atoms with Crippen molar-refractivity contribution >= 4 is 33.2 Å². The number of benzene rings is 1. The maximum absolute atomic E-state index is 13.1. The van der Waals surface area contributed by atoms with Crippen LogP contribution < -0.4 is 5.32 Å². The van der Waals surface area contributed by atoms with E-state index in [1.807, 2.05) is 0 Å². The molecule has 1 rings (SSSR count). The van der Waals surface area contributed by atoms with Crippen LogP contribution >= 0.6 is 27.5 Å². The summed E-state index contributed by atoms with van der Waals surface area (Å²) in [6, 6.07) is 2.16. The van der Waals surface area contributed by atoms with E-state index in [4.69, 9.17) is 11.6 Å². The molecule has 0 spiro atoms. The molecular formula is C9H7BrClF2N. The van der Waals surface area contributed by atoms with Gasteiger partial charge in [0, 0.05) is 18.1 Å². The van der Waals surface area contributed by atoms with Crippen LogP contribution in [0.15, 0.2) is 28.2 Å². The van der Waals surface area contributed by atoms with Crippen LogP contribution in [-0.4, -0.2) is 6.54 Å². The molecule has 0 unspecified atom stereocenters. The van der Waals surface area contributed by atoms with Gasteiger partial charge in [-0.3, -0.25) is 0 Å². The molecule has 0 amide bonds. The Kier molecular flexibility index (Phi) is 4.35. The van der Waals surface area contributed by atoms with Crippen molar-refractivity contribution in [2.45, 2.75) is 0 Å². The maximum atomic E-state index is 13.1. The summed E-state index contributed by atoms with van der Waals surface area (Å²) in [5.74, 6) is -1.25. The monoisotopic (exact) mass is 281 g/mol. The molecule has 0 radical (unpaired) electrons. The Morgan fingerprint density at radius 3 is 2.71 bits per heavy atom. The van der Waals surface area contributed by atoms with Crippen molar-refractivity contribution in [3.8, 4) is 0 Å². The third kappa shape index (κ3) is 2.96. The third-order valence-electron chi connectivity index (χ3n) is 1.51. The molecule has 0 aromatic heterocycles. The molecule has 0 bridgehead atoms. The fourth-order valence-corrected chi connectivity index (χ4v) is 1.30. The van der Waals surface area contributed by atoms with E-state index in [1.54, 1.807) is 6.08 Å². The molecule has 0 heterocycles. The molecule has 1 N–H and O–H groups in total. The van der Waals surface area contributed by atoms with Crippen LogP contribution in [0, 0.1) is 11.6 Å². The molecule has 0 saturated carbocycles. The summed E-state index contributed by atoms with van der Waals surface area (Å²) >= 11 is 8.24. The van der Waals surface area contributed by atoms with Gasteiger partial charge in [0.1, 0.15) is 11.6 Å². The van der Waals surface area contributed by atoms with Gasteiger partial charge >= 0.3 is 0 Å². The van der Waals surface area contributed by atoms with Gasteiger partial charge in [0.05, 0.1) is 10.2 Å². The largest absolute Gasteiger partial charge is 0.379 e. The number of nitrogens with one attached hydrogen (secondary N) is 1. The van der Waals surface area contributed by atoms with Crippen molar-refractivity contribution in [3.05, 3.63) is 39.9 Å². The fraction of sp³-hybridized carbons (Fsp3) is 0.111. The first-order valence-corrected chi connectivity index (χ1v) is 5.01. The predicted molar refractivity (Wildman–Crippen MR) is 57.5 cm³/mol. The summed E-state index contributed by atoms with van der Waals surface area (Å²) in [6.07, 6.45) is 1.61. The zero-order chi connectivity index (χ0) is 10.6. The molecule has 76 valence electrons. The fourth-order valence-electron chi connectivity index (χ4n) is 0.871. The summed E-state index contributed by atoms with van der Waals surface area (Å²) in [6.45, 7) is 0.387. The standard InChI is InChI=1S/C9H7BrClF2N/c10-6-4-9(14-3-1-2-11)8(13)5-7(6)12/h1-2,4-5,14H,3H2/b2-1+. The molecule has 0 atom stereocenters.